The Morgan fingerprint density at radius 3 is 2.56 bits per heavy atom. The van der Waals surface area contributed by atoms with Gasteiger partial charge in [-0.2, -0.15) is 19.1 Å². The minimum Gasteiger partial charge on any atom is -0.433 e. The molecule has 0 unspecified atom stereocenters. The molecule has 1 aliphatic rings. The van der Waals surface area contributed by atoms with Gasteiger partial charge in [0, 0.05) is 13.1 Å². The van der Waals surface area contributed by atoms with Crippen molar-refractivity contribution in [1.82, 2.24) is 14.8 Å². The Balaban J connectivity index is 1.77. The van der Waals surface area contributed by atoms with E-state index >= 15 is 0 Å². The summed E-state index contributed by atoms with van der Waals surface area (Å²) < 4.78 is 32.0. The first-order valence-corrected chi connectivity index (χ1v) is 8.49. The van der Waals surface area contributed by atoms with Crippen LogP contribution in [-0.2, 0) is 0 Å². The van der Waals surface area contributed by atoms with Crippen molar-refractivity contribution in [3.05, 3.63) is 47.8 Å². The molecule has 2 heterocycles. The number of aliphatic hydroxyl groups excluding tert-OH is 1. The predicted octanol–water partition coefficient (Wildman–Crippen LogP) is 3.52. The first-order valence-electron chi connectivity index (χ1n) is 8.49. The van der Waals surface area contributed by atoms with Crippen LogP contribution < -0.4 is 4.74 Å². The molecule has 2 aromatic heterocycles. The van der Waals surface area contributed by atoms with E-state index in [1.165, 1.54) is 16.8 Å². The molecule has 4 rings (SSSR count). The molecule has 8 heteroatoms. The standard InChI is InChI=1S/C19H16F2N4O2/c1-19(20,21)27-14-4-2-12(3-5-14)25-18-17(16(10-22)24-25)15(6-7-23-18)11-8-13(26)9-11/h2-7,11,13,26H,8-9H2,1H3/t11-,13+. The summed E-state index contributed by atoms with van der Waals surface area (Å²) in [6, 6.07) is 9.94. The lowest BCUT2D eigenvalue weighted by Crippen LogP contribution is -2.26. The van der Waals surface area contributed by atoms with Crippen LogP contribution in [0.4, 0.5) is 8.78 Å². The zero-order chi connectivity index (χ0) is 19.2. The Hall–Kier alpha value is -3.05. The number of hydrogen-bond donors (Lipinski definition) is 1. The van der Waals surface area contributed by atoms with Crippen LogP contribution in [0.1, 0.15) is 36.9 Å². The van der Waals surface area contributed by atoms with E-state index < -0.39 is 6.11 Å². The summed E-state index contributed by atoms with van der Waals surface area (Å²) in [6.45, 7) is 0.671. The van der Waals surface area contributed by atoms with Crippen molar-refractivity contribution in [1.29, 1.82) is 5.26 Å². The maximum atomic E-state index is 13.0. The molecule has 6 nitrogen and oxygen atoms in total. The number of pyridine rings is 1. The SMILES string of the molecule is CC(F)(F)Oc1ccc(-n2nc(C#N)c3c2nccc3[C@H]2C[C@@H](O)C2)cc1. The van der Waals surface area contributed by atoms with E-state index in [1.54, 1.807) is 18.3 Å². The third-order valence-electron chi connectivity index (χ3n) is 4.64. The van der Waals surface area contributed by atoms with Crippen molar-refractivity contribution in [3.8, 4) is 17.5 Å². The van der Waals surface area contributed by atoms with Crippen LogP contribution >= 0.6 is 0 Å². The first kappa shape index (κ1) is 17.4. The molecule has 138 valence electrons. The van der Waals surface area contributed by atoms with E-state index in [4.69, 9.17) is 0 Å². The number of hydrogen-bond acceptors (Lipinski definition) is 5. The third-order valence-corrected chi connectivity index (χ3v) is 4.64. The molecule has 0 spiro atoms. The van der Waals surface area contributed by atoms with Crippen molar-refractivity contribution in [2.75, 3.05) is 0 Å². The van der Waals surface area contributed by atoms with Crippen LogP contribution in [0.2, 0.25) is 0 Å². The number of halogens is 2. The predicted molar refractivity (Wildman–Crippen MR) is 92.8 cm³/mol. The van der Waals surface area contributed by atoms with Gasteiger partial charge in [-0.1, -0.05) is 0 Å². The highest BCUT2D eigenvalue weighted by Gasteiger charge is 2.31. The number of rotatable bonds is 4. The minimum atomic E-state index is -3.27. The second kappa shape index (κ2) is 6.28. The lowest BCUT2D eigenvalue weighted by atomic mass is 9.77. The molecule has 0 amide bonds. The Morgan fingerprint density at radius 1 is 1.26 bits per heavy atom. The summed E-state index contributed by atoms with van der Waals surface area (Å²) in [6.07, 6.45) is -0.643. The Kier molecular flexibility index (Phi) is 4.04. The molecule has 1 N–H and O–H groups in total. The molecular weight excluding hydrogens is 354 g/mol. The summed E-state index contributed by atoms with van der Waals surface area (Å²) in [5, 5.41) is 24.1. The number of aromatic nitrogens is 3. The largest absolute Gasteiger partial charge is 0.433 e. The molecule has 1 aromatic carbocycles. The summed E-state index contributed by atoms with van der Waals surface area (Å²) in [4.78, 5) is 4.36. The number of alkyl halides is 2. The van der Waals surface area contributed by atoms with Gasteiger partial charge in [-0.05, 0) is 54.7 Å². The number of aliphatic hydroxyl groups is 1. The van der Waals surface area contributed by atoms with E-state index in [-0.39, 0.29) is 23.5 Å². The van der Waals surface area contributed by atoms with Crippen LogP contribution in [0.25, 0.3) is 16.7 Å². The van der Waals surface area contributed by atoms with Crippen LogP contribution in [0.15, 0.2) is 36.5 Å². The van der Waals surface area contributed by atoms with E-state index in [0.29, 0.717) is 36.5 Å². The van der Waals surface area contributed by atoms with Gasteiger partial charge < -0.3 is 9.84 Å². The van der Waals surface area contributed by atoms with E-state index in [1.807, 2.05) is 6.07 Å². The molecule has 27 heavy (non-hydrogen) atoms. The van der Waals surface area contributed by atoms with Gasteiger partial charge in [-0.15, -0.1) is 0 Å². The normalized spacial score (nSPS) is 19.5. The zero-order valence-corrected chi connectivity index (χ0v) is 14.4. The molecular formula is C19H16F2N4O2. The van der Waals surface area contributed by atoms with Gasteiger partial charge in [0.25, 0.3) is 0 Å². The number of ether oxygens (including phenoxy) is 1. The van der Waals surface area contributed by atoms with Crippen molar-refractivity contribution >= 4 is 11.0 Å². The topological polar surface area (TPSA) is 84.0 Å². The maximum Gasteiger partial charge on any atom is 0.394 e. The second-order valence-corrected chi connectivity index (χ2v) is 6.70. The minimum absolute atomic E-state index is 0.0281. The lowest BCUT2D eigenvalue weighted by Gasteiger charge is -2.32. The summed E-state index contributed by atoms with van der Waals surface area (Å²) >= 11 is 0. The fraction of sp³-hybridized carbons (Fsp3) is 0.316. The van der Waals surface area contributed by atoms with Gasteiger partial charge in [-0.25, -0.2) is 9.67 Å². The Labute approximate surface area is 153 Å². The van der Waals surface area contributed by atoms with Crippen molar-refractivity contribution in [3.63, 3.8) is 0 Å². The number of nitriles is 1. The fourth-order valence-corrected chi connectivity index (χ4v) is 3.37. The Bertz CT molecular complexity index is 1030. The molecule has 3 aromatic rings. The molecule has 0 radical (unpaired) electrons. The number of nitrogens with zero attached hydrogens (tertiary/aromatic N) is 4. The molecule has 1 aliphatic carbocycles. The van der Waals surface area contributed by atoms with Crippen molar-refractivity contribution in [2.45, 2.75) is 37.9 Å². The molecule has 0 atom stereocenters. The smallest absolute Gasteiger partial charge is 0.394 e. The van der Waals surface area contributed by atoms with Gasteiger partial charge in [0.05, 0.1) is 17.2 Å². The van der Waals surface area contributed by atoms with Gasteiger partial charge in [0.15, 0.2) is 11.3 Å². The highest BCUT2D eigenvalue weighted by atomic mass is 19.3. The van der Waals surface area contributed by atoms with E-state index in [2.05, 4.69) is 20.9 Å². The van der Waals surface area contributed by atoms with E-state index in [9.17, 15) is 19.1 Å². The van der Waals surface area contributed by atoms with Crippen LogP contribution in [0.3, 0.4) is 0 Å². The lowest BCUT2D eigenvalue weighted by molar-refractivity contribution is -0.158. The third kappa shape index (κ3) is 3.22. The molecule has 1 saturated carbocycles. The van der Waals surface area contributed by atoms with Crippen LogP contribution in [-0.4, -0.2) is 32.1 Å². The zero-order valence-electron chi connectivity index (χ0n) is 14.4. The molecule has 0 bridgehead atoms. The fourth-order valence-electron chi connectivity index (χ4n) is 3.37. The highest BCUT2D eigenvalue weighted by Crippen LogP contribution is 2.40. The summed E-state index contributed by atoms with van der Waals surface area (Å²) in [5.41, 5.74) is 2.28. The van der Waals surface area contributed by atoms with Crippen LogP contribution in [0, 0.1) is 11.3 Å². The van der Waals surface area contributed by atoms with Crippen molar-refractivity contribution in [2.24, 2.45) is 0 Å². The second-order valence-electron chi connectivity index (χ2n) is 6.70. The van der Waals surface area contributed by atoms with Gasteiger partial charge >= 0.3 is 6.11 Å². The highest BCUT2D eigenvalue weighted by molar-refractivity contribution is 5.86. The van der Waals surface area contributed by atoms with Crippen LogP contribution in [0.5, 0.6) is 5.75 Å². The average molecular weight is 370 g/mol. The number of fused-ring (bicyclic) bond motifs is 1. The Morgan fingerprint density at radius 2 is 1.96 bits per heavy atom. The quantitative estimate of drug-likeness (QED) is 0.760. The van der Waals surface area contributed by atoms with Gasteiger partial charge in [0.2, 0.25) is 0 Å². The van der Waals surface area contributed by atoms with Crippen molar-refractivity contribution < 1.29 is 18.6 Å². The van der Waals surface area contributed by atoms with E-state index in [0.717, 1.165) is 5.56 Å². The molecule has 1 fully saturated rings. The number of benzene rings is 1. The van der Waals surface area contributed by atoms with Gasteiger partial charge in [-0.3, -0.25) is 0 Å². The molecule has 0 saturated heterocycles. The maximum absolute atomic E-state index is 13.0. The summed E-state index contributed by atoms with van der Waals surface area (Å²) in [5.74, 6) is 0.193. The molecule has 0 aliphatic heterocycles. The average Bonchev–Trinajstić information content (AvgIpc) is 2.97. The van der Waals surface area contributed by atoms with Gasteiger partial charge in [0.1, 0.15) is 11.8 Å². The first-order chi connectivity index (χ1) is 12.9. The summed E-state index contributed by atoms with van der Waals surface area (Å²) in [7, 11) is 0. The monoisotopic (exact) mass is 370 g/mol.